The average Bonchev–Trinajstić information content (AvgIpc) is 2.39. The summed E-state index contributed by atoms with van der Waals surface area (Å²) in [6, 6.07) is 8.25. The number of hydrogen-bond acceptors (Lipinski definition) is 3. The largest absolute Gasteiger partial charge is 0.320 e. The molecule has 0 saturated carbocycles. The van der Waals surface area contributed by atoms with Crippen LogP contribution < -0.4 is 5.32 Å². The smallest absolute Gasteiger partial charge is 0.128 e. The second-order valence-electron chi connectivity index (χ2n) is 4.08. The normalized spacial score (nSPS) is 10.6. The highest BCUT2D eigenvalue weighted by Gasteiger charge is 2.03. The highest BCUT2D eigenvalue weighted by Crippen LogP contribution is 2.17. The molecule has 18 heavy (non-hydrogen) atoms. The summed E-state index contributed by atoms with van der Waals surface area (Å²) in [5, 5.41) is 3.09. The van der Waals surface area contributed by atoms with Crippen molar-refractivity contribution < 1.29 is 4.39 Å². The molecule has 0 atom stereocenters. The van der Waals surface area contributed by atoms with Crippen molar-refractivity contribution in [3.8, 4) is 11.3 Å². The van der Waals surface area contributed by atoms with Gasteiger partial charge in [0.2, 0.25) is 0 Å². The Morgan fingerprint density at radius 2 is 2.17 bits per heavy atom. The van der Waals surface area contributed by atoms with Crippen molar-refractivity contribution in [1.82, 2.24) is 15.3 Å². The lowest BCUT2D eigenvalue weighted by atomic mass is 10.1. The fourth-order valence-corrected chi connectivity index (χ4v) is 1.75. The van der Waals surface area contributed by atoms with E-state index in [2.05, 4.69) is 15.3 Å². The average molecular weight is 245 g/mol. The van der Waals surface area contributed by atoms with Crippen molar-refractivity contribution in [2.45, 2.75) is 12.8 Å². The van der Waals surface area contributed by atoms with Gasteiger partial charge in [0.05, 0.1) is 5.69 Å². The molecule has 0 aliphatic carbocycles. The number of hydrogen-bond donors (Lipinski definition) is 1. The molecule has 0 fully saturated rings. The molecule has 1 N–H and O–H groups in total. The first-order valence-electron chi connectivity index (χ1n) is 6.02. The zero-order chi connectivity index (χ0) is 12.8. The maximum Gasteiger partial charge on any atom is 0.128 e. The topological polar surface area (TPSA) is 37.8 Å². The molecule has 1 aromatic heterocycles. The fourth-order valence-electron chi connectivity index (χ4n) is 1.75. The number of aromatic nitrogens is 2. The third-order valence-electron chi connectivity index (χ3n) is 2.65. The molecule has 0 aliphatic heterocycles. The van der Waals surface area contributed by atoms with Crippen molar-refractivity contribution in [2.75, 3.05) is 13.6 Å². The standard InChI is InChI=1S/C14H16FN3/c1-16-8-3-6-14-17-9-7-13(18-14)11-4-2-5-12(15)10-11/h2,4-5,7,9-10,16H,3,6,8H2,1H3. The van der Waals surface area contributed by atoms with Crippen molar-refractivity contribution >= 4 is 0 Å². The van der Waals surface area contributed by atoms with Crippen LogP contribution in [0.1, 0.15) is 12.2 Å². The van der Waals surface area contributed by atoms with Gasteiger partial charge in [0.1, 0.15) is 11.6 Å². The summed E-state index contributed by atoms with van der Waals surface area (Å²) in [5.74, 6) is 0.551. The minimum absolute atomic E-state index is 0.247. The van der Waals surface area contributed by atoms with E-state index in [1.54, 1.807) is 18.3 Å². The molecular formula is C14H16FN3. The number of halogens is 1. The van der Waals surface area contributed by atoms with Crippen LogP contribution in [0.5, 0.6) is 0 Å². The van der Waals surface area contributed by atoms with Gasteiger partial charge >= 0.3 is 0 Å². The molecule has 0 unspecified atom stereocenters. The lowest BCUT2D eigenvalue weighted by Crippen LogP contribution is -2.09. The van der Waals surface area contributed by atoms with Gasteiger partial charge in [-0.05, 0) is 38.2 Å². The molecule has 1 aromatic carbocycles. The van der Waals surface area contributed by atoms with Crippen molar-refractivity contribution in [2.24, 2.45) is 0 Å². The number of rotatable bonds is 5. The number of benzene rings is 1. The summed E-state index contributed by atoms with van der Waals surface area (Å²) < 4.78 is 13.2. The molecule has 4 heteroatoms. The SMILES string of the molecule is CNCCCc1nccc(-c2cccc(F)c2)n1. The Kier molecular flexibility index (Phi) is 4.36. The Bertz CT molecular complexity index is 514. The van der Waals surface area contributed by atoms with E-state index in [9.17, 15) is 4.39 Å². The van der Waals surface area contributed by atoms with Gasteiger partial charge in [-0.15, -0.1) is 0 Å². The van der Waals surface area contributed by atoms with Crippen molar-refractivity contribution in [3.05, 3.63) is 48.2 Å². The Hall–Kier alpha value is -1.81. The minimum Gasteiger partial charge on any atom is -0.320 e. The second kappa shape index (κ2) is 6.21. The molecule has 0 bridgehead atoms. The zero-order valence-corrected chi connectivity index (χ0v) is 10.4. The summed E-state index contributed by atoms with van der Waals surface area (Å²) >= 11 is 0. The lowest BCUT2D eigenvalue weighted by Gasteiger charge is -2.04. The minimum atomic E-state index is -0.247. The van der Waals surface area contributed by atoms with Crippen molar-refractivity contribution in [3.63, 3.8) is 0 Å². The molecule has 2 rings (SSSR count). The van der Waals surface area contributed by atoms with E-state index in [0.29, 0.717) is 0 Å². The molecule has 1 heterocycles. The summed E-state index contributed by atoms with van der Waals surface area (Å²) in [5.41, 5.74) is 1.55. The molecule has 3 nitrogen and oxygen atoms in total. The van der Waals surface area contributed by atoms with E-state index < -0.39 is 0 Å². The van der Waals surface area contributed by atoms with Gasteiger partial charge in [-0.3, -0.25) is 0 Å². The van der Waals surface area contributed by atoms with Gasteiger partial charge in [0.25, 0.3) is 0 Å². The molecule has 0 saturated heterocycles. The fraction of sp³-hybridized carbons (Fsp3) is 0.286. The number of aryl methyl sites for hydroxylation is 1. The van der Waals surface area contributed by atoms with Gasteiger partial charge in [-0.1, -0.05) is 12.1 Å². The third kappa shape index (κ3) is 3.34. The van der Waals surface area contributed by atoms with E-state index >= 15 is 0 Å². The van der Waals surface area contributed by atoms with Crippen LogP contribution in [0, 0.1) is 5.82 Å². The Morgan fingerprint density at radius 1 is 1.28 bits per heavy atom. The predicted octanol–water partition coefficient (Wildman–Crippen LogP) is 2.43. The maximum absolute atomic E-state index is 13.2. The zero-order valence-electron chi connectivity index (χ0n) is 10.4. The van der Waals surface area contributed by atoms with E-state index in [1.165, 1.54) is 12.1 Å². The Morgan fingerprint density at radius 3 is 2.94 bits per heavy atom. The first kappa shape index (κ1) is 12.6. The molecular weight excluding hydrogens is 229 g/mol. The highest BCUT2D eigenvalue weighted by molar-refractivity contribution is 5.58. The lowest BCUT2D eigenvalue weighted by molar-refractivity contribution is 0.628. The third-order valence-corrected chi connectivity index (χ3v) is 2.65. The number of nitrogens with zero attached hydrogens (tertiary/aromatic N) is 2. The van der Waals surface area contributed by atoms with Crippen LogP contribution in [0.3, 0.4) is 0 Å². The predicted molar refractivity (Wildman–Crippen MR) is 69.7 cm³/mol. The van der Waals surface area contributed by atoms with Crippen LogP contribution in [-0.2, 0) is 6.42 Å². The van der Waals surface area contributed by atoms with E-state index in [0.717, 1.165) is 36.5 Å². The van der Waals surface area contributed by atoms with Crippen LogP contribution in [0.25, 0.3) is 11.3 Å². The highest BCUT2D eigenvalue weighted by atomic mass is 19.1. The van der Waals surface area contributed by atoms with Crippen LogP contribution in [0.15, 0.2) is 36.5 Å². The summed E-state index contributed by atoms with van der Waals surface area (Å²) in [6.45, 7) is 0.938. The maximum atomic E-state index is 13.2. The monoisotopic (exact) mass is 245 g/mol. The molecule has 2 aromatic rings. The van der Waals surface area contributed by atoms with E-state index in [1.807, 2.05) is 13.1 Å². The first-order chi connectivity index (χ1) is 8.79. The number of nitrogens with one attached hydrogen (secondary N) is 1. The van der Waals surface area contributed by atoms with Crippen LogP contribution in [0.2, 0.25) is 0 Å². The van der Waals surface area contributed by atoms with Crippen LogP contribution in [-0.4, -0.2) is 23.6 Å². The van der Waals surface area contributed by atoms with Gasteiger partial charge in [0, 0.05) is 18.2 Å². The summed E-state index contributed by atoms with van der Waals surface area (Å²) in [7, 11) is 1.92. The van der Waals surface area contributed by atoms with Gasteiger partial charge < -0.3 is 5.32 Å². The first-order valence-corrected chi connectivity index (χ1v) is 6.02. The molecule has 0 aliphatic rings. The molecule has 0 radical (unpaired) electrons. The summed E-state index contributed by atoms with van der Waals surface area (Å²) in [6.07, 6.45) is 3.54. The van der Waals surface area contributed by atoms with Gasteiger partial charge in [-0.25, -0.2) is 14.4 Å². The molecule has 94 valence electrons. The Balaban J connectivity index is 2.16. The van der Waals surface area contributed by atoms with Crippen molar-refractivity contribution in [1.29, 1.82) is 0 Å². The summed E-state index contributed by atoms with van der Waals surface area (Å²) in [4.78, 5) is 8.68. The molecule has 0 spiro atoms. The van der Waals surface area contributed by atoms with E-state index in [4.69, 9.17) is 0 Å². The van der Waals surface area contributed by atoms with E-state index in [-0.39, 0.29) is 5.82 Å². The van der Waals surface area contributed by atoms with Gasteiger partial charge in [-0.2, -0.15) is 0 Å². The van der Waals surface area contributed by atoms with Gasteiger partial charge in [0.15, 0.2) is 0 Å². The second-order valence-corrected chi connectivity index (χ2v) is 4.08. The quantitative estimate of drug-likeness (QED) is 0.822. The Labute approximate surface area is 106 Å². The van der Waals surface area contributed by atoms with Crippen LogP contribution in [0.4, 0.5) is 4.39 Å². The van der Waals surface area contributed by atoms with Crippen LogP contribution >= 0.6 is 0 Å². The molecule has 0 amide bonds.